The van der Waals surface area contributed by atoms with Crippen LogP contribution in [0.3, 0.4) is 0 Å². The van der Waals surface area contributed by atoms with Crippen LogP contribution in [0.1, 0.15) is 5.56 Å². The lowest BCUT2D eigenvalue weighted by Crippen LogP contribution is -2.62. The smallest absolute Gasteiger partial charge is 0.124 e. The second kappa shape index (κ2) is 4.91. The summed E-state index contributed by atoms with van der Waals surface area (Å²) in [4.78, 5) is 0. The number of hydrogen-bond acceptors (Lipinski definition) is 4. The van der Waals surface area contributed by atoms with E-state index >= 15 is 0 Å². The lowest BCUT2D eigenvalue weighted by atomic mass is 9.84. The van der Waals surface area contributed by atoms with Gasteiger partial charge in [-0.1, -0.05) is 0 Å². The molecular weight excluding hydrogens is 228 g/mol. The molecule has 0 radical (unpaired) electrons. The van der Waals surface area contributed by atoms with Crippen molar-refractivity contribution in [2.24, 2.45) is 5.73 Å². The zero-order chi connectivity index (χ0) is 10.9. The Hall–Kier alpha value is -0.970. The van der Waals surface area contributed by atoms with Crippen LogP contribution in [0, 0.1) is 0 Å². The van der Waals surface area contributed by atoms with Crippen molar-refractivity contribution >= 4 is 12.4 Å². The summed E-state index contributed by atoms with van der Waals surface area (Å²) in [7, 11) is 3.30. The zero-order valence-electron chi connectivity index (χ0n) is 9.45. The first-order chi connectivity index (χ1) is 7.19. The minimum Gasteiger partial charge on any atom is -0.497 e. The number of methoxy groups -OCH3 is 2. The summed E-state index contributed by atoms with van der Waals surface area (Å²) in [5.74, 6) is 1.63. The molecule has 0 aliphatic carbocycles. The van der Waals surface area contributed by atoms with E-state index in [4.69, 9.17) is 15.2 Å². The standard InChI is InChI=1S/C11H16N2O2.ClH/c1-14-8-3-4-10(15-2)9(5-8)11(12)6-13-7-11;/h3-5,13H,6-7,12H2,1-2H3;1H. The summed E-state index contributed by atoms with van der Waals surface area (Å²) in [5, 5.41) is 3.17. The van der Waals surface area contributed by atoms with Crippen LogP contribution >= 0.6 is 12.4 Å². The summed E-state index contributed by atoms with van der Waals surface area (Å²) < 4.78 is 10.5. The molecular formula is C11H17ClN2O2. The second-order valence-corrected chi connectivity index (χ2v) is 3.83. The first-order valence-corrected chi connectivity index (χ1v) is 4.92. The van der Waals surface area contributed by atoms with Crippen molar-refractivity contribution in [3.05, 3.63) is 23.8 Å². The molecule has 1 aliphatic heterocycles. The third kappa shape index (κ3) is 2.09. The third-order valence-electron chi connectivity index (χ3n) is 2.82. The molecule has 1 aromatic carbocycles. The molecule has 0 spiro atoms. The van der Waals surface area contributed by atoms with Crippen molar-refractivity contribution in [2.45, 2.75) is 5.54 Å². The molecule has 0 unspecified atom stereocenters. The van der Waals surface area contributed by atoms with E-state index in [0.29, 0.717) is 0 Å². The summed E-state index contributed by atoms with van der Waals surface area (Å²) in [6, 6.07) is 5.71. The van der Waals surface area contributed by atoms with Gasteiger partial charge < -0.3 is 20.5 Å². The van der Waals surface area contributed by atoms with Crippen LogP contribution in [0.15, 0.2) is 18.2 Å². The molecule has 2 rings (SSSR count). The Morgan fingerprint density at radius 2 is 1.94 bits per heavy atom. The molecule has 1 fully saturated rings. The Morgan fingerprint density at radius 3 is 2.38 bits per heavy atom. The van der Waals surface area contributed by atoms with Gasteiger partial charge in [0.05, 0.1) is 19.8 Å². The second-order valence-electron chi connectivity index (χ2n) is 3.83. The number of ether oxygens (including phenoxy) is 2. The van der Waals surface area contributed by atoms with E-state index in [9.17, 15) is 0 Å². The lowest BCUT2D eigenvalue weighted by Gasteiger charge is -2.40. The van der Waals surface area contributed by atoms with E-state index in [1.807, 2.05) is 18.2 Å². The topological polar surface area (TPSA) is 56.5 Å². The van der Waals surface area contributed by atoms with E-state index in [1.54, 1.807) is 14.2 Å². The van der Waals surface area contributed by atoms with E-state index in [0.717, 1.165) is 30.2 Å². The molecule has 0 bridgehead atoms. The molecule has 0 amide bonds. The maximum atomic E-state index is 6.23. The fourth-order valence-corrected chi connectivity index (χ4v) is 1.79. The van der Waals surface area contributed by atoms with Gasteiger partial charge in [0.1, 0.15) is 11.5 Å². The number of nitrogens with one attached hydrogen (secondary N) is 1. The van der Waals surface area contributed by atoms with Crippen LogP contribution in [-0.4, -0.2) is 27.3 Å². The monoisotopic (exact) mass is 244 g/mol. The van der Waals surface area contributed by atoms with E-state index in [1.165, 1.54) is 0 Å². The van der Waals surface area contributed by atoms with Gasteiger partial charge in [0.15, 0.2) is 0 Å². The van der Waals surface area contributed by atoms with Crippen LogP contribution < -0.4 is 20.5 Å². The lowest BCUT2D eigenvalue weighted by molar-refractivity contribution is 0.273. The fraction of sp³-hybridized carbons (Fsp3) is 0.455. The quantitative estimate of drug-likeness (QED) is 0.829. The van der Waals surface area contributed by atoms with Crippen molar-refractivity contribution in [2.75, 3.05) is 27.3 Å². The summed E-state index contributed by atoms with van der Waals surface area (Å²) >= 11 is 0. The van der Waals surface area contributed by atoms with Gasteiger partial charge in [-0.15, -0.1) is 12.4 Å². The van der Waals surface area contributed by atoms with Gasteiger partial charge in [0, 0.05) is 18.7 Å². The minimum atomic E-state index is -0.320. The summed E-state index contributed by atoms with van der Waals surface area (Å²) in [6.45, 7) is 1.55. The Kier molecular flexibility index (Phi) is 4.02. The van der Waals surface area contributed by atoms with E-state index in [2.05, 4.69) is 5.32 Å². The molecule has 0 atom stereocenters. The number of halogens is 1. The highest BCUT2D eigenvalue weighted by Gasteiger charge is 2.36. The molecule has 16 heavy (non-hydrogen) atoms. The van der Waals surface area contributed by atoms with Gasteiger partial charge >= 0.3 is 0 Å². The van der Waals surface area contributed by atoms with Gasteiger partial charge in [-0.25, -0.2) is 0 Å². The number of nitrogens with two attached hydrogens (primary N) is 1. The number of benzene rings is 1. The minimum absolute atomic E-state index is 0. The van der Waals surface area contributed by atoms with Gasteiger partial charge in [-0.3, -0.25) is 0 Å². The van der Waals surface area contributed by atoms with Crippen LogP contribution in [0.4, 0.5) is 0 Å². The van der Waals surface area contributed by atoms with Crippen LogP contribution in [0.5, 0.6) is 11.5 Å². The Labute approximate surface area is 102 Å². The van der Waals surface area contributed by atoms with E-state index < -0.39 is 0 Å². The van der Waals surface area contributed by atoms with Crippen molar-refractivity contribution in [1.29, 1.82) is 0 Å². The first kappa shape index (κ1) is 13.1. The predicted molar refractivity (Wildman–Crippen MR) is 65.5 cm³/mol. The molecule has 0 saturated carbocycles. The maximum absolute atomic E-state index is 6.23. The zero-order valence-corrected chi connectivity index (χ0v) is 10.3. The van der Waals surface area contributed by atoms with Crippen molar-refractivity contribution in [3.8, 4) is 11.5 Å². The fourth-order valence-electron chi connectivity index (χ4n) is 1.79. The average molecular weight is 245 g/mol. The van der Waals surface area contributed by atoms with Gasteiger partial charge in [-0.05, 0) is 18.2 Å². The SMILES string of the molecule is COc1ccc(OC)c(C2(N)CNC2)c1.Cl. The molecule has 1 aromatic rings. The molecule has 5 heteroatoms. The number of hydrogen-bond donors (Lipinski definition) is 2. The van der Waals surface area contributed by atoms with Crippen LogP contribution in [0.25, 0.3) is 0 Å². The average Bonchev–Trinajstić information content (AvgIpc) is 2.25. The van der Waals surface area contributed by atoms with Crippen molar-refractivity contribution < 1.29 is 9.47 Å². The molecule has 1 heterocycles. The first-order valence-electron chi connectivity index (χ1n) is 4.92. The van der Waals surface area contributed by atoms with Crippen LogP contribution in [-0.2, 0) is 5.54 Å². The highest BCUT2D eigenvalue weighted by molar-refractivity contribution is 5.85. The highest BCUT2D eigenvalue weighted by atomic mass is 35.5. The molecule has 90 valence electrons. The predicted octanol–water partition coefficient (Wildman–Crippen LogP) is 0.883. The van der Waals surface area contributed by atoms with Gasteiger partial charge in [0.2, 0.25) is 0 Å². The molecule has 3 N–H and O–H groups in total. The van der Waals surface area contributed by atoms with Gasteiger partial charge in [-0.2, -0.15) is 0 Å². The maximum Gasteiger partial charge on any atom is 0.124 e. The van der Waals surface area contributed by atoms with Crippen molar-refractivity contribution in [3.63, 3.8) is 0 Å². The third-order valence-corrected chi connectivity index (χ3v) is 2.82. The molecule has 0 aromatic heterocycles. The summed E-state index contributed by atoms with van der Waals surface area (Å²) in [6.07, 6.45) is 0. The molecule has 1 aliphatic rings. The number of rotatable bonds is 3. The Morgan fingerprint density at radius 1 is 1.25 bits per heavy atom. The highest BCUT2D eigenvalue weighted by Crippen LogP contribution is 2.33. The summed E-state index contributed by atoms with van der Waals surface area (Å²) in [5.41, 5.74) is 6.91. The Bertz CT molecular complexity index is 367. The van der Waals surface area contributed by atoms with Gasteiger partial charge in [0.25, 0.3) is 0 Å². The molecule has 4 nitrogen and oxygen atoms in total. The normalized spacial score (nSPS) is 16.9. The van der Waals surface area contributed by atoms with Crippen molar-refractivity contribution in [1.82, 2.24) is 5.32 Å². The molecule has 1 saturated heterocycles. The largest absolute Gasteiger partial charge is 0.497 e. The van der Waals surface area contributed by atoms with Crippen LogP contribution in [0.2, 0.25) is 0 Å². The Balaban J connectivity index is 0.00000128. The van der Waals surface area contributed by atoms with E-state index in [-0.39, 0.29) is 17.9 Å².